The van der Waals surface area contributed by atoms with Crippen LogP contribution in [0.25, 0.3) is 0 Å². The molecule has 150 valence electrons. The van der Waals surface area contributed by atoms with Crippen LogP contribution >= 0.6 is 0 Å². The molecule has 9 nitrogen and oxygen atoms in total. The van der Waals surface area contributed by atoms with Gasteiger partial charge in [0.25, 0.3) is 5.91 Å². The molecule has 2 heterocycles. The monoisotopic (exact) mass is 414 g/mol. The molecule has 29 heavy (non-hydrogen) atoms. The van der Waals surface area contributed by atoms with Gasteiger partial charge in [0.2, 0.25) is 11.8 Å². The van der Waals surface area contributed by atoms with E-state index in [2.05, 4.69) is 14.0 Å². The Hall–Kier alpha value is -3.14. The molecule has 3 aliphatic rings. The molecule has 1 fully saturated rings. The Morgan fingerprint density at radius 3 is 2.59 bits per heavy atom. The van der Waals surface area contributed by atoms with E-state index in [-0.39, 0.29) is 36.6 Å². The molecule has 0 spiro atoms. The zero-order valence-corrected chi connectivity index (χ0v) is 16.2. The van der Waals surface area contributed by atoms with Crippen LogP contribution < -0.4 is 5.32 Å². The predicted octanol–water partition coefficient (Wildman–Crippen LogP) is 2.24. The lowest BCUT2D eigenvalue weighted by Crippen LogP contribution is -2.33. The van der Waals surface area contributed by atoms with Gasteiger partial charge in [-0.2, -0.15) is 8.73 Å². The van der Waals surface area contributed by atoms with E-state index in [1.54, 1.807) is 18.2 Å². The zero-order valence-electron chi connectivity index (χ0n) is 15.4. The van der Waals surface area contributed by atoms with Gasteiger partial charge in [-0.3, -0.25) is 24.1 Å². The highest BCUT2D eigenvalue weighted by Gasteiger charge is 2.46. The SMILES string of the molecule is O=C(COC(=O)CCN1C(=O)[C@H]2CC=CC[C@@H]2C1=O)Nc1cccc2c1N=S=N2. The fourth-order valence-corrected chi connectivity index (χ4v) is 4.15. The fourth-order valence-electron chi connectivity index (χ4n) is 3.60. The second-order valence-electron chi connectivity index (χ2n) is 6.88. The average molecular weight is 414 g/mol. The molecule has 0 aromatic heterocycles. The summed E-state index contributed by atoms with van der Waals surface area (Å²) in [5.41, 5.74) is 1.72. The number of nitrogens with zero attached hydrogens (tertiary/aromatic N) is 3. The summed E-state index contributed by atoms with van der Waals surface area (Å²) in [4.78, 5) is 49.9. The minimum Gasteiger partial charge on any atom is -0.456 e. The summed E-state index contributed by atoms with van der Waals surface area (Å²) in [6.45, 7) is -0.501. The molecule has 0 radical (unpaired) electrons. The van der Waals surface area contributed by atoms with E-state index < -0.39 is 18.5 Å². The van der Waals surface area contributed by atoms with Crippen molar-refractivity contribution in [3.8, 4) is 0 Å². The quantitative estimate of drug-likeness (QED) is 0.442. The molecule has 1 N–H and O–H groups in total. The van der Waals surface area contributed by atoms with Gasteiger partial charge in [-0.05, 0) is 25.0 Å². The fraction of sp³-hybridized carbons (Fsp3) is 0.368. The maximum absolute atomic E-state index is 12.4. The minimum atomic E-state index is -0.651. The molecule has 3 amide bonds. The Labute approximate surface area is 170 Å². The van der Waals surface area contributed by atoms with Crippen LogP contribution in [0.1, 0.15) is 19.3 Å². The molecular formula is C19H18N4O5S. The second-order valence-corrected chi connectivity index (χ2v) is 7.41. The van der Waals surface area contributed by atoms with Crippen LogP contribution in [0, 0.1) is 11.8 Å². The number of imide groups is 1. The summed E-state index contributed by atoms with van der Waals surface area (Å²) >= 11 is 1.04. The third-order valence-corrected chi connectivity index (χ3v) is 5.61. The summed E-state index contributed by atoms with van der Waals surface area (Å²) < 4.78 is 13.2. The maximum Gasteiger partial charge on any atom is 0.308 e. The second kappa shape index (κ2) is 8.08. The van der Waals surface area contributed by atoms with Crippen molar-refractivity contribution in [2.24, 2.45) is 20.6 Å². The first-order valence-electron chi connectivity index (χ1n) is 9.21. The Balaban J connectivity index is 1.24. The summed E-state index contributed by atoms with van der Waals surface area (Å²) in [5, 5.41) is 2.63. The van der Waals surface area contributed by atoms with E-state index >= 15 is 0 Å². The third-order valence-electron chi connectivity index (χ3n) is 5.06. The van der Waals surface area contributed by atoms with Gasteiger partial charge in [-0.1, -0.05) is 18.2 Å². The molecule has 1 saturated heterocycles. The van der Waals surface area contributed by atoms with Gasteiger partial charge in [0.1, 0.15) is 11.4 Å². The molecular weight excluding hydrogens is 396 g/mol. The minimum absolute atomic E-state index is 0.0328. The number of hydrogen-bond acceptors (Lipinski definition) is 7. The van der Waals surface area contributed by atoms with Crippen molar-refractivity contribution >= 4 is 52.1 Å². The number of fused-ring (bicyclic) bond motifs is 2. The van der Waals surface area contributed by atoms with Gasteiger partial charge < -0.3 is 10.1 Å². The lowest BCUT2D eigenvalue weighted by atomic mass is 9.85. The zero-order chi connectivity index (χ0) is 20.4. The number of benzene rings is 1. The van der Waals surface area contributed by atoms with Crippen LogP contribution in [0.4, 0.5) is 17.1 Å². The largest absolute Gasteiger partial charge is 0.456 e. The summed E-state index contributed by atoms with van der Waals surface area (Å²) in [7, 11) is 0. The van der Waals surface area contributed by atoms with Crippen LogP contribution in [0.3, 0.4) is 0 Å². The maximum atomic E-state index is 12.4. The number of carbonyl (C=O) groups excluding carboxylic acids is 4. The summed E-state index contributed by atoms with van der Waals surface area (Å²) in [6.07, 6.45) is 4.77. The molecule has 0 bridgehead atoms. The molecule has 1 aliphatic carbocycles. The normalized spacial score (nSPS) is 21.6. The molecule has 4 rings (SSSR count). The van der Waals surface area contributed by atoms with Gasteiger partial charge in [0.05, 0.1) is 35.3 Å². The number of esters is 1. The highest BCUT2D eigenvalue weighted by molar-refractivity contribution is 7.58. The Morgan fingerprint density at radius 1 is 1.14 bits per heavy atom. The standard InChI is InChI=1S/C19H18N4O5S/c24-15(20-13-6-3-7-14-17(13)22-29-21-14)10-28-16(25)8-9-23-18(26)11-4-1-2-5-12(11)19(23)27/h1-3,6-7,11-12H,4-5,8-10H2,(H,20,24)/t11-,12-/m0/s1. The number of nitrogens with one attached hydrogen (secondary N) is 1. The molecule has 0 saturated carbocycles. The van der Waals surface area contributed by atoms with Crippen molar-refractivity contribution in [3.63, 3.8) is 0 Å². The molecule has 1 aromatic carbocycles. The van der Waals surface area contributed by atoms with E-state index in [1.165, 1.54) is 0 Å². The number of allylic oxidation sites excluding steroid dienone is 2. The van der Waals surface area contributed by atoms with Crippen molar-refractivity contribution in [2.45, 2.75) is 19.3 Å². The first kappa shape index (κ1) is 19.2. The number of anilines is 1. The number of carbonyl (C=O) groups is 4. The number of rotatable bonds is 6. The van der Waals surface area contributed by atoms with Gasteiger partial charge in [0, 0.05) is 6.54 Å². The Morgan fingerprint density at radius 2 is 1.86 bits per heavy atom. The summed E-state index contributed by atoms with van der Waals surface area (Å²) in [6, 6.07) is 5.20. The van der Waals surface area contributed by atoms with E-state index in [4.69, 9.17) is 4.74 Å². The lowest BCUT2D eigenvalue weighted by Gasteiger charge is -2.14. The Bertz CT molecular complexity index is 972. The van der Waals surface area contributed by atoms with Crippen molar-refractivity contribution in [2.75, 3.05) is 18.5 Å². The van der Waals surface area contributed by atoms with Crippen molar-refractivity contribution in [3.05, 3.63) is 30.4 Å². The van der Waals surface area contributed by atoms with Crippen LogP contribution in [0.2, 0.25) is 0 Å². The smallest absolute Gasteiger partial charge is 0.308 e. The van der Waals surface area contributed by atoms with E-state index in [0.29, 0.717) is 29.9 Å². The van der Waals surface area contributed by atoms with E-state index in [0.717, 1.165) is 16.3 Å². The number of ether oxygens (including phenoxy) is 1. The Kier molecular flexibility index (Phi) is 5.34. The van der Waals surface area contributed by atoms with Gasteiger partial charge in [0.15, 0.2) is 6.61 Å². The first-order valence-corrected chi connectivity index (χ1v) is 9.94. The van der Waals surface area contributed by atoms with Crippen LogP contribution in [0.5, 0.6) is 0 Å². The predicted molar refractivity (Wildman–Crippen MR) is 104 cm³/mol. The average Bonchev–Trinajstić information content (AvgIpc) is 3.30. The summed E-state index contributed by atoms with van der Waals surface area (Å²) in [5.74, 6) is -2.28. The highest BCUT2D eigenvalue weighted by Crippen LogP contribution is 2.38. The molecule has 10 heteroatoms. The van der Waals surface area contributed by atoms with E-state index in [9.17, 15) is 19.2 Å². The molecule has 1 aromatic rings. The number of hydrogen-bond donors (Lipinski definition) is 1. The molecule has 0 unspecified atom stereocenters. The van der Waals surface area contributed by atoms with E-state index in [1.807, 2.05) is 12.2 Å². The topological polar surface area (TPSA) is 118 Å². The van der Waals surface area contributed by atoms with Crippen molar-refractivity contribution in [1.82, 2.24) is 4.90 Å². The van der Waals surface area contributed by atoms with Gasteiger partial charge >= 0.3 is 5.97 Å². The number of amides is 3. The molecule has 2 atom stereocenters. The lowest BCUT2D eigenvalue weighted by molar-refractivity contribution is -0.148. The number of likely N-dealkylation sites (tertiary alicyclic amines) is 1. The van der Waals surface area contributed by atoms with Gasteiger partial charge in [-0.25, -0.2) is 0 Å². The third kappa shape index (κ3) is 3.88. The van der Waals surface area contributed by atoms with Crippen LogP contribution in [0.15, 0.2) is 39.1 Å². The van der Waals surface area contributed by atoms with Crippen LogP contribution in [-0.4, -0.2) is 41.7 Å². The highest BCUT2D eigenvalue weighted by atomic mass is 32.1. The van der Waals surface area contributed by atoms with Gasteiger partial charge in [-0.15, -0.1) is 0 Å². The van der Waals surface area contributed by atoms with Crippen molar-refractivity contribution < 1.29 is 23.9 Å². The first-order chi connectivity index (χ1) is 14.0. The van der Waals surface area contributed by atoms with Crippen molar-refractivity contribution in [1.29, 1.82) is 0 Å². The van der Waals surface area contributed by atoms with Crippen LogP contribution in [-0.2, 0) is 35.3 Å². The molecule has 2 aliphatic heterocycles.